The molecule has 0 aliphatic carbocycles. The van der Waals surface area contributed by atoms with Crippen LogP contribution in [0.2, 0.25) is 5.02 Å². The molecule has 164 valence electrons. The number of amides is 1. The van der Waals surface area contributed by atoms with Gasteiger partial charge in [0.1, 0.15) is 0 Å². The third-order valence-corrected chi connectivity index (χ3v) is 4.93. The van der Waals surface area contributed by atoms with Gasteiger partial charge in [0.25, 0.3) is 0 Å². The Kier molecular flexibility index (Phi) is 8.27. The number of nitrogen functional groups attached to an aromatic ring is 1. The molecule has 0 aliphatic rings. The van der Waals surface area contributed by atoms with E-state index in [1.807, 2.05) is 60.7 Å². The normalized spacial score (nSPS) is 10.2. The molecule has 2 aromatic carbocycles. The summed E-state index contributed by atoms with van der Waals surface area (Å²) in [6, 6.07) is 19.2. The van der Waals surface area contributed by atoms with Crippen molar-refractivity contribution in [3.63, 3.8) is 0 Å². The van der Waals surface area contributed by atoms with Gasteiger partial charge in [0.05, 0.1) is 24.0 Å². The van der Waals surface area contributed by atoms with Gasteiger partial charge < -0.3 is 16.0 Å². The highest BCUT2D eigenvalue weighted by molar-refractivity contribution is 7.77. The summed E-state index contributed by atoms with van der Waals surface area (Å²) in [6.45, 7) is 0.459. The predicted octanol–water partition coefficient (Wildman–Crippen LogP) is 4.02. The molecule has 0 spiro atoms. The summed E-state index contributed by atoms with van der Waals surface area (Å²) in [6.07, 6.45) is 3.70. The van der Waals surface area contributed by atoms with Crippen molar-refractivity contribution in [3.05, 3.63) is 89.2 Å². The third-order valence-electron chi connectivity index (χ3n) is 4.68. The first-order valence-electron chi connectivity index (χ1n) is 9.70. The molecule has 0 atom stereocenters. The van der Waals surface area contributed by atoms with E-state index in [0.717, 1.165) is 33.6 Å². The number of imidazole rings is 1. The molecule has 1 amide bonds. The van der Waals surface area contributed by atoms with Gasteiger partial charge in [-0.05, 0) is 34.9 Å². The average molecular weight is 467 g/mol. The molecule has 2 heterocycles. The Morgan fingerprint density at radius 1 is 0.906 bits per heavy atom. The molecule has 0 aliphatic heterocycles. The Hall–Kier alpha value is -3.33. The van der Waals surface area contributed by atoms with E-state index in [2.05, 4.69) is 38.2 Å². The van der Waals surface area contributed by atoms with Crippen molar-refractivity contribution in [1.29, 1.82) is 0 Å². The molecule has 0 bridgehead atoms. The highest BCUT2D eigenvalue weighted by Gasteiger charge is 2.06. The Bertz CT molecular complexity index is 1140. The van der Waals surface area contributed by atoms with Gasteiger partial charge >= 0.3 is 0 Å². The summed E-state index contributed by atoms with van der Waals surface area (Å²) in [5.41, 5.74) is 11.2. The number of hydrogen-bond acceptors (Lipinski definition) is 6. The van der Waals surface area contributed by atoms with Crippen molar-refractivity contribution in [3.8, 4) is 22.5 Å². The number of thiol groups is 1. The largest absolute Gasteiger partial charge is 0.369 e. The van der Waals surface area contributed by atoms with Crippen molar-refractivity contribution in [2.75, 3.05) is 5.73 Å². The minimum absolute atomic E-state index is 0.0542. The number of aromatic nitrogens is 3. The smallest absolute Gasteiger partial charge is 0.224 e. The summed E-state index contributed by atoms with van der Waals surface area (Å²) in [4.78, 5) is 23.7. The SMILES string of the molecule is NS.Nc1ncc(-c2ccc(CNC(=O)Cc3ccc(-c4ccc(Cl)cc4)nc3)cc2)[nH]1. The number of nitrogens with two attached hydrogens (primary N) is 2. The number of nitrogens with zero attached hydrogens (tertiary/aromatic N) is 2. The Morgan fingerprint density at radius 3 is 2.16 bits per heavy atom. The van der Waals surface area contributed by atoms with Crippen LogP contribution >= 0.6 is 24.4 Å². The lowest BCUT2D eigenvalue weighted by atomic mass is 10.1. The van der Waals surface area contributed by atoms with Gasteiger partial charge in [0, 0.05) is 23.3 Å². The van der Waals surface area contributed by atoms with Crippen LogP contribution in [0.15, 0.2) is 73.1 Å². The molecular formula is C23H23ClN6OS. The third kappa shape index (κ3) is 6.34. The molecule has 6 N–H and O–H groups in total. The van der Waals surface area contributed by atoms with E-state index in [4.69, 9.17) is 17.3 Å². The van der Waals surface area contributed by atoms with E-state index < -0.39 is 0 Å². The fourth-order valence-electron chi connectivity index (χ4n) is 3.05. The summed E-state index contributed by atoms with van der Waals surface area (Å²) < 4.78 is 0. The van der Waals surface area contributed by atoms with Crippen LogP contribution in [0.3, 0.4) is 0 Å². The lowest BCUT2D eigenvalue weighted by Crippen LogP contribution is -2.24. The first kappa shape index (κ1) is 23.3. The van der Waals surface area contributed by atoms with Crippen LogP contribution in [0.25, 0.3) is 22.5 Å². The zero-order valence-corrected chi connectivity index (χ0v) is 18.8. The minimum Gasteiger partial charge on any atom is -0.369 e. The predicted molar refractivity (Wildman–Crippen MR) is 132 cm³/mol. The maximum atomic E-state index is 12.3. The van der Waals surface area contributed by atoms with Gasteiger partial charge in [-0.2, -0.15) is 0 Å². The fourth-order valence-corrected chi connectivity index (χ4v) is 3.18. The molecule has 32 heavy (non-hydrogen) atoms. The van der Waals surface area contributed by atoms with Crippen LogP contribution in [0.4, 0.5) is 5.95 Å². The Morgan fingerprint density at radius 2 is 1.56 bits per heavy atom. The first-order valence-corrected chi connectivity index (χ1v) is 10.6. The zero-order valence-electron chi connectivity index (χ0n) is 17.1. The number of H-pyrrole nitrogens is 1. The fraction of sp³-hybridized carbons (Fsp3) is 0.0870. The number of carbonyl (C=O) groups is 1. The van der Waals surface area contributed by atoms with Gasteiger partial charge in [0.15, 0.2) is 5.95 Å². The molecule has 0 radical (unpaired) electrons. The molecule has 0 fully saturated rings. The summed E-state index contributed by atoms with van der Waals surface area (Å²) in [5, 5.41) is 7.82. The summed E-state index contributed by atoms with van der Waals surface area (Å²) in [5.74, 6) is 0.332. The molecule has 0 saturated carbocycles. The first-order chi connectivity index (χ1) is 15.6. The molecule has 4 rings (SSSR count). The second-order valence-corrected chi connectivity index (χ2v) is 7.33. The molecular weight excluding hydrogens is 444 g/mol. The molecule has 0 unspecified atom stereocenters. The number of rotatable bonds is 6. The number of benzene rings is 2. The van der Waals surface area contributed by atoms with E-state index in [1.54, 1.807) is 12.4 Å². The number of aromatic amines is 1. The lowest BCUT2D eigenvalue weighted by molar-refractivity contribution is -0.120. The molecule has 0 saturated heterocycles. The van der Waals surface area contributed by atoms with E-state index in [9.17, 15) is 4.79 Å². The molecule has 2 aromatic heterocycles. The van der Waals surface area contributed by atoms with Crippen molar-refractivity contribution in [2.24, 2.45) is 5.14 Å². The van der Waals surface area contributed by atoms with E-state index >= 15 is 0 Å². The van der Waals surface area contributed by atoms with Crippen molar-refractivity contribution >= 4 is 36.3 Å². The quantitative estimate of drug-likeness (QED) is 0.274. The number of carbonyl (C=O) groups excluding carboxylic acids is 1. The van der Waals surface area contributed by atoms with Crippen LogP contribution in [0.1, 0.15) is 11.1 Å². The molecule has 9 heteroatoms. The number of nitrogens with one attached hydrogen (secondary N) is 2. The van der Waals surface area contributed by atoms with Gasteiger partial charge in [-0.1, -0.05) is 54.1 Å². The van der Waals surface area contributed by atoms with Gasteiger partial charge in [0.2, 0.25) is 5.91 Å². The molecule has 7 nitrogen and oxygen atoms in total. The van der Waals surface area contributed by atoms with Crippen molar-refractivity contribution in [1.82, 2.24) is 20.3 Å². The van der Waals surface area contributed by atoms with Crippen LogP contribution in [0, 0.1) is 0 Å². The highest BCUT2D eigenvalue weighted by Crippen LogP contribution is 2.20. The summed E-state index contributed by atoms with van der Waals surface area (Å²) >= 11 is 8.95. The number of halogens is 1. The van der Waals surface area contributed by atoms with Crippen molar-refractivity contribution in [2.45, 2.75) is 13.0 Å². The lowest BCUT2D eigenvalue weighted by Gasteiger charge is -2.07. The average Bonchev–Trinajstić information content (AvgIpc) is 3.27. The van der Waals surface area contributed by atoms with Gasteiger partial charge in [-0.15, -0.1) is 12.8 Å². The van der Waals surface area contributed by atoms with Crippen LogP contribution < -0.4 is 16.2 Å². The highest BCUT2D eigenvalue weighted by atomic mass is 35.5. The Labute approximate surface area is 196 Å². The summed E-state index contributed by atoms with van der Waals surface area (Å²) in [7, 11) is 0. The van der Waals surface area contributed by atoms with Crippen LogP contribution in [0.5, 0.6) is 0 Å². The van der Waals surface area contributed by atoms with Gasteiger partial charge in [-0.3, -0.25) is 14.9 Å². The maximum absolute atomic E-state index is 12.3. The standard InChI is InChI=1S/C23H20ClN5O.H3NS/c24-19-8-6-17(7-9-19)20-10-3-16(13-26-20)11-22(30)27-12-15-1-4-18(5-2-15)21-14-28-23(25)29-21;1-2/h1-10,13-14H,11-12H2,(H,27,30)(H3,25,28,29);2H,1H2. The number of anilines is 1. The number of hydrogen-bond donors (Lipinski definition) is 5. The second kappa shape index (κ2) is 11.3. The van der Waals surface area contributed by atoms with Gasteiger partial charge in [-0.25, -0.2) is 4.98 Å². The maximum Gasteiger partial charge on any atom is 0.224 e. The van der Waals surface area contributed by atoms with Crippen molar-refractivity contribution < 1.29 is 4.79 Å². The topological polar surface area (TPSA) is 123 Å². The minimum atomic E-state index is -0.0542. The van der Waals surface area contributed by atoms with Crippen LogP contribution in [-0.4, -0.2) is 20.9 Å². The Balaban J connectivity index is 0.00000141. The monoisotopic (exact) mass is 466 g/mol. The van der Waals surface area contributed by atoms with Crippen LogP contribution in [-0.2, 0) is 17.8 Å². The van der Waals surface area contributed by atoms with E-state index in [0.29, 0.717) is 17.5 Å². The molecule has 4 aromatic rings. The van der Waals surface area contributed by atoms with E-state index in [-0.39, 0.29) is 12.3 Å². The zero-order chi connectivity index (χ0) is 22.9. The second-order valence-electron chi connectivity index (χ2n) is 6.89. The van der Waals surface area contributed by atoms with E-state index in [1.165, 1.54) is 0 Å². The number of pyridine rings is 1.